The van der Waals surface area contributed by atoms with Crippen molar-refractivity contribution in [2.45, 2.75) is 38.5 Å². The number of carbonyl (C=O) groups is 1. The van der Waals surface area contributed by atoms with Gasteiger partial charge in [0.05, 0.1) is 13.5 Å². The van der Waals surface area contributed by atoms with Gasteiger partial charge in [0.1, 0.15) is 17.2 Å². The van der Waals surface area contributed by atoms with E-state index in [0.29, 0.717) is 11.1 Å². The van der Waals surface area contributed by atoms with E-state index in [0.717, 1.165) is 27.8 Å². The van der Waals surface area contributed by atoms with Crippen molar-refractivity contribution in [1.82, 2.24) is 0 Å². The van der Waals surface area contributed by atoms with Crippen molar-refractivity contribution in [2.24, 2.45) is 0 Å². The molecule has 0 aliphatic carbocycles. The number of hydrogen-bond donors (Lipinski definition) is 1. The molecular weight excluding hydrogens is 352 g/mol. The summed E-state index contributed by atoms with van der Waals surface area (Å²) < 4.78 is 10.9. The molecule has 1 atom stereocenters. The van der Waals surface area contributed by atoms with Gasteiger partial charge >= 0.3 is 5.97 Å². The van der Waals surface area contributed by atoms with Crippen molar-refractivity contribution in [3.05, 3.63) is 65.2 Å². The van der Waals surface area contributed by atoms with Crippen LogP contribution in [-0.2, 0) is 10.2 Å². The van der Waals surface area contributed by atoms with Crippen LogP contribution in [0.2, 0.25) is 0 Å². The lowest BCUT2D eigenvalue weighted by molar-refractivity contribution is -0.135. The zero-order valence-electron chi connectivity index (χ0n) is 16.6. The Morgan fingerprint density at radius 1 is 1.00 bits per heavy atom. The molecule has 144 valence electrons. The van der Waals surface area contributed by atoms with Gasteiger partial charge in [-0.05, 0) is 28.7 Å². The van der Waals surface area contributed by atoms with Crippen molar-refractivity contribution < 1.29 is 19.4 Å². The molecule has 0 saturated carbocycles. The van der Waals surface area contributed by atoms with Gasteiger partial charge in [0.2, 0.25) is 0 Å². The van der Waals surface area contributed by atoms with Gasteiger partial charge in [0.25, 0.3) is 0 Å². The minimum atomic E-state index is -0.264. The maximum atomic E-state index is 12.4. The van der Waals surface area contributed by atoms with E-state index in [1.807, 2.05) is 48.5 Å². The van der Waals surface area contributed by atoms with Gasteiger partial charge in [-0.15, -0.1) is 0 Å². The maximum Gasteiger partial charge on any atom is 0.312 e. The highest BCUT2D eigenvalue weighted by atomic mass is 16.5. The van der Waals surface area contributed by atoms with Crippen LogP contribution in [0.1, 0.15) is 49.8 Å². The number of methoxy groups -OCH3 is 1. The first-order chi connectivity index (χ1) is 13.3. The summed E-state index contributed by atoms with van der Waals surface area (Å²) in [5.74, 6) is 1.22. The van der Waals surface area contributed by atoms with Crippen molar-refractivity contribution >= 4 is 16.7 Å². The molecule has 1 unspecified atom stereocenters. The average Bonchev–Trinajstić information content (AvgIpc) is 2.66. The van der Waals surface area contributed by atoms with E-state index in [4.69, 9.17) is 9.47 Å². The van der Waals surface area contributed by atoms with Gasteiger partial charge in [-0.25, -0.2) is 0 Å². The van der Waals surface area contributed by atoms with Crippen LogP contribution >= 0.6 is 0 Å². The fourth-order valence-corrected chi connectivity index (χ4v) is 3.94. The molecule has 1 heterocycles. The lowest BCUT2D eigenvalue weighted by Gasteiger charge is -2.27. The van der Waals surface area contributed by atoms with Crippen molar-refractivity contribution in [2.75, 3.05) is 7.11 Å². The molecule has 3 aromatic rings. The van der Waals surface area contributed by atoms with E-state index in [1.54, 1.807) is 7.11 Å². The van der Waals surface area contributed by atoms with E-state index in [-0.39, 0.29) is 29.5 Å². The summed E-state index contributed by atoms with van der Waals surface area (Å²) in [5, 5.41) is 12.3. The first-order valence-electron chi connectivity index (χ1n) is 9.43. The van der Waals surface area contributed by atoms with Crippen LogP contribution in [0.25, 0.3) is 10.8 Å². The van der Waals surface area contributed by atoms with Crippen LogP contribution in [0, 0.1) is 0 Å². The third-order valence-electron chi connectivity index (χ3n) is 5.44. The molecule has 0 fully saturated rings. The van der Waals surface area contributed by atoms with Crippen LogP contribution in [0.3, 0.4) is 0 Å². The third-order valence-corrected chi connectivity index (χ3v) is 5.44. The van der Waals surface area contributed by atoms with E-state index >= 15 is 0 Å². The van der Waals surface area contributed by atoms with Crippen LogP contribution in [0.4, 0.5) is 0 Å². The molecule has 4 nitrogen and oxygen atoms in total. The smallest absolute Gasteiger partial charge is 0.312 e. The second kappa shape index (κ2) is 6.55. The number of benzene rings is 3. The van der Waals surface area contributed by atoms with Gasteiger partial charge in [0.15, 0.2) is 0 Å². The molecule has 1 aliphatic rings. The number of hydrogen-bond acceptors (Lipinski definition) is 4. The third kappa shape index (κ3) is 2.99. The van der Waals surface area contributed by atoms with Gasteiger partial charge in [-0.2, -0.15) is 0 Å². The van der Waals surface area contributed by atoms with Crippen LogP contribution < -0.4 is 9.47 Å². The van der Waals surface area contributed by atoms with E-state index < -0.39 is 0 Å². The summed E-state index contributed by atoms with van der Waals surface area (Å²) >= 11 is 0. The largest absolute Gasteiger partial charge is 0.507 e. The predicted molar refractivity (Wildman–Crippen MR) is 109 cm³/mol. The van der Waals surface area contributed by atoms with Gasteiger partial charge in [0, 0.05) is 22.3 Å². The summed E-state index contributed by atoms with van der Waals surface area (Å²) in [6.45, 7) is 6.18. The van der Waals surface area contributed by atoms with Crippen LogP contribution in [0.15, 0.2) is 48.5 Å². The Balaban J connectivity index is 1.88. The average molecular weight is 376 g/mol. The Morgan fingerprint density at radius 3 is 2.32 bits per heavy atom. The molecule has 0 spiro atoms. The first kappa shape index (κ1) is 18.4. The fourth-order valence-electron chi connectivity index (χ4n) is 3.94. The summed E-state index contributed by atoms with van der Waals surface area (Å²) in [5.41, 5.74) is 2.68. The SMILES string of the molecule is COc1ccc(C2CC(=O)Oc3c2ccc2c(O)c(C(C)(C)C)ccc32)cc1. The Kier molecular flexibility index (Phi) is 4.30. The molecule has 0 aromatic heterocycles. The molecule has 1 aliphatic heterocycles. The predicted octanol–water partition coefficient (Wildman–Crippen LogP) is 5.29. The van der Waals surface area contributed by atoms with Crippen molar-refractivity contribution in [3.8, 4) is 17.2 Å². The molecule has 3 aromatic carbocycles. The molecule has 0 radical (unpaired) electrons. The van der Waals surface area contributed by atoms with Crippen LogP contribution in [0.5, 0.6) is 17.2 Å². The minimum Gasteiger partial charge on any atom is -0.507 e. The zero-order chi connectivity index (χ0) is 20.1. The molecule has 4 heteroatoms. The lowest BCUT2D eigenvalue weighted by atomic mass is 9.82. The normalized spacial score (nSPS) is 16.6. The van der Waals surface area contributed by atoms with E-state index in [9.17, 15) is 9.90 Å². The summed E-state index contributed by atoms with van der Waals surface area (Å²) in [6.07, 6.45) is 0.289. The lowest BCUT2D eigenvalue weighted by Crippen LogP contribution is -2.21. The first-order valence-corrected chi connectivity index (χ1v) is 9.43. The number of aromatic hydroxyl groups is 1. The molecule has 28 heavy (non-hydrogen) atoms. The Labute approximate surface area is 164 Å². The highest BCUT2D eigenvalue weighted by Crippen LogP contribution is 2.46. The number of rotatable bonds is 2. The molecule has 4 rings (SSSR count). The summed E-state index contributed by atoms with van der Waals surface area (Å²) in [7, 11) is 1.63. The van der Waals surface area contributed by atoms with Gasteiger partial charge in [-0.3, -0.25) is 4.79 Å². The summed E-state index contributed by atoms with van der Waals surface area (Å²) in [6, 6.07) is 15.5. The van der Waals surface area contributed by atoms with E-state index in [2.05, 4.69) is 20.8 Å². The molecular formula is C24H24O4. The van der Waals surface area contributed by atoms with Crippen LogP contribution in [-0.4, -0.2) is 18.2 Å². The number of phenolic OH excluding ortho intramolecular Hbond substituents is 1. The highest BCUT2D eigenvalue weighted by molar-refractivity contribution is 5.98. The quantitative estimate of drug-likeness (QED) is 0.487. The standard InChI is InChI=1S/C24H24O4/c1-24(2,3)20-12-11-17-16(22(20)26)9-10-18-19(13-21(25)28-23(17)18)14-5-7-15(27-4)8-6-14/h5-12,19,26H,13H2,1-4H3. The number of carbonyl (C=O) groups excluding carboxylic acids is 1. The highest BCUT2D eigenvalue weighted by Gasteiger charge is 2.31. The molecule has 0 saturated heterocycles. The number of phenols is 1. The topological polar surface area (TPSA) is 55.8 Å². The number of fused-ring (bicyclic) bond motifs is 3. The van der Waals surface area contributed by atoms with Crippen molar-refractivity contribution in [3.63, 3.8) is 0 Å². The minimum absolute atomic E-state index is 0.0870. The fraction of sp³-hybridized carbons (Fsp3) is 0.292. The number of ether oxygens (including phenoxy) is 2. The Morgan fingerprint density at radius 2 is 1.68 bits per heavy atom. The number of esters is 1. The second-order valence-corrected chi connectivity index (χ2v) is 8.29. The molecule has 0 bridgehead atoms. The summed E-state index contributed by atoms with van der Waals surface area (Å²) in [4.78, 5) is 12.4. The zero-order valence-corrected chi connectivity index (χ0v) is 16.6. The van der Waals surface area contributed by atoms with Gasteiger partial charge in [-0.1, -0.05) is 57.2 Å². The Hall–Kier alpha value is -3.01. The maximum absolute atomic E-state index is 12.4. The van der Waals surface area contributed by atoms with E-state index in [1.165, 1.54) is 0 Å². The van der Waals surface area contributed by atoms with Crippen molar-refractivity contribution in [1.29, 1.82) is 0 Å². The monoisotopic (exact) mass is 376 g/mol. The molecule has 1 N–H and O–H groups in total. The van der Waals surface area contributed by atoms with Gasteiger partial charge < -0.3 is 14.6 Å². The second-order valence-electron chi connectivity index (χ2n) is 8.29. The Bertz CT molecular complexity index is 1060. The molecule has 0 amide bonds.